The topological polar surface area (TPSA) is 50.8 Å². The van der Waals surface area contributed by atoms with Crippen molar-refractivity contribution in [3.05, 3.63) is 65.2 Å². The van der Waals surface area contributed by atoms with Gasteiger partial charge in [-0.3, -0.25) is 9.69 Å². The maximum absolute atomic E-state index is 12.4. The lowest BCUT2D eigenvalue weighted by Gasteiger charge is -2.27. The van der Waals surface area contributed by atoms with Crippen molar-refractivity contribution in [3.63, 3.8) is 0 Å². The highest BCUT2D eigenvalue weighted by molar-refractivity contribution is 5.80. The molecule has 1 aliphatic heterocycles. The van der Waals surface area contributed by atoms with Crippen molar-refractivity contribution < 1.29 is 14.3 Å². The van der Waals surface area contributed by atoms with Crippen molar-refractivity contribution in [1.82, 2.24) is 10.2 Å². The molecule has 1 aliphatic rings. The van der Waals surface area contributed by atoms with E-state index in [1.807, 2.05) is 43.3 Å². The number of hydrogen-bond acceptors (Lipinski definition) is 4. The van der Waals surface area contributed by atoms with Crippen molar-refractivity contribution in [2.45, 2.75) is 33.0 Å². The summed E-state index contributed by atoms with van der Waals surface area (Å²) < 4.78 is 11.2. The van der Waals surface area contributed by atoms with Gasteiger partial charge in [0.2, 0.25) is 0 Å². The Kier molecular flexibility index (Phi) is 6.85. The molecule has 1 heterocycles. The van der Waals surface area contributed by atoms with Gasteiger partial charge in [-0.25, -0.2) is 0 Å². The molecule has 1 unspecified atom stereocenters. The zero-order valence-electron chi connectivity index (χ0n) is 16.1. The van der Waals surface area contributed by atoms with Gasteiger partial charge in [-0.15, -0.1) is 0 Å². The number of carbonyl (C=O) groups excluding carboxylic acids is 1. The molecule has 1 saturated heterocycles. The first kappa shape index (κ1) is 19.4. The van der Waals surface area contributed by atoms with Gasteiger partial charge < -0.3 is 14.8 Å². The monoisotopic (exact) mass is 368 g/mol. The number of carbonyl (C=O) groups is 1. The van der Waals surface area contributed by atoms with Crippen LogP contribution in [-0.4, -0.2) is 43.2 Å². The molecule has 1 amide bonds. The Morgan fingerprint density at radius 2 is 1.89 bits per heavy atom. The SMILES string of the molecule is Cc1cccc(OC(C)C(=O)NCc2ccccc2CN2CCOCC2)c1. The minimum atomic E-state index is -0.543. The van der Waals surface area contributed by atoms with Gasteiger partial charge in [0.05, 0.1) is 13.2 Å². The predicted molar refractivity (Wildman–Crippen MR) is 106 cm³/mol. The van der Waals surface area contributed by atoms with Gasteiger partial charge in [-0.1, -0.05) is 36.4 Å². The first-order chi connectivity index (χ1) is 13.1. The zero-order valence-corrected chi connectivity index (χ0v) is 16.1. The Morgan fingerprint density at radius 1 is 1.15 bits per heavy atom. The lowest BCUT2D eigenvalue weighted by Crippen LogP contribution is -2.37. The summed E-state index contributed by atoms with van der Waals surface area (Å²) in [5.41, 5.74) is 3.49. The van der Waals surface area contributed by atoms with Crippen LogP contribution in [0.3, 0.4) is 0 Å². The average Bonchev–Trinajstić information content (AvgIpc) is 2.68. The van der Waals surface area contributed by atoms with Gasteiger partial charge in [0.1, 0.15) is 5.75 Å². The van der Waals surface area contributed by atoms with E-state index in [1.165, 1.54) is 5.56 Å². The second-order valence-corrected chi connectivity index (χ2v) is 6.95. The number of nitrogens with one attached hydrogen (secondary N) is 1. The highest BCUT2D eigenvalue weighted by Gasteiger charge is 2.16. The van der Waals surface area contributed by atoms with Crippen LogP contribution in [0.4, 0.5) is 0 Å². The highest BCUT2D eigenvalue weighted by Crippen LogP contribution is 2.15. The molecule has 1 atom stereocenters. The fourth-order valence-corrected chi connectivity index (χ4v) is 3.16. The molecule has 2 aromatic rings. The Labute approximate surface area is 161 Å². The Bertz CT molecular complexity index is 757. The van der Waals surface area contributed by atoms with Crippen LogP contribution in [0.25, 0.3) is 0 Å². The molecule has 27 heavy (non-hydrogen) atoms. The predicted octanol–water partition coefficient (Wildman–Crippen LogP) is 2.91. The molecule has 0 aromatic heterocycles. The molecule has 0 bridgehead atoms. The van der Waals surface area contributed by atoms with E-state index in [-0.39, 0.29) is 5.91 Å². The standard InChI is InChI=1S/C22H28N2O3/c1-17-6-5-9-21(14-17)27-18(2)22(25)23-15-19-7-3-4-8-20(19)16-24-10-12-26-13-11-24/h3-9,14,18H,10-13,15-16H2,1-2H3,(H,23,25). The zero-order chi connectivity index (χ0) is 19.1. The van der Waals surface area contributed by atoms with Gasteiger partial charge in [0.25, 0.3) is 5.91 Å². The van der Waals surface area contributed by atoms with E-state index >= 15 is 0 Å². The first-order valence-corrected chi connectivity index (χ1v) is 9.50. The van der Waals surface area contributed by atoms with Crippen LogP contribution in [0.2, 0.25) is 0 Å². The van der Waals surface area contributed by atoms with Crippen LogP contribution < -0.4 is 10.1 Å². The molecule has 2 aromatic carbocycles. The van der Waals surface area contributed by atoms with Crippen molar-refractivity contribution in [2.24, 2.45) is 0 Å². The number of rotatable bonds is 7. The molecule has 0 radical (unpaired) electrons. The van der Waals surface area contributed by atoms with Crippen molar-refractivity contribution in [1.29, 1.82) is 0 Å². The third-order valence-corrected chi connectivity index (χ3v) is 4.74. The molecule has 0 spiro atoms. The van der Waals surface area contributed by atoms with Crippen molar-refractivity contribution in [3.8, 4) is 5.75 Å². The molecule has 0 saturated carbocycles. The highest BCUT2D eigenvalue weighted by atomic mass is 16.5. The van der Waals surface area contributed by atoms with E-state index < -0.39 is 6.10 Å². The summed E-state index contributed by atoms with van der Waals surface area (Å²) in [5.74, 6) is 0.600. The summed E-state index contributed by atoms with van der Waals surface area (Å²) in [6.07, 6.45) is -0.543. The van der Waals surface area contributed by atoms with Crippen molar-refractivity contribution in [2.75, 3.05) is 26.3 Å². The Morgan fingerprint density at radius 3 is 2.63 bits per heavy atom. The third kappa shape index (κ3) is 5.81. The van der Waals surface area contributed by atoms with Gasteiger partial charge >= 0.3 is 0 Å². The van der Waals surface area contributed by atoms with E-state index in [0.29, 0.717) is 12.3 Å². The van der Waals surface area contributed by atoms with Crippen LogP contribution in [0.15, 0.2) is 48.5 Å². The summed E-state index contributed by atoms with van der Waals surface area (Å²) in [5, 5.41) is 3.00. The molecule has 5 heteroatoms. The molecule has 1 N–H and O–H groups in total. The number of amides is 1. The summed E-state index contributed by atoms with van der Waals surface area (Å²) in [4.78, 5) is 14.8. The van der Waals surface area contributed by atoms with Crippen LogP contribution >= 0.6 is 0 Å². The third-order valence-electron chi connectivity index (χ3n) is 4.74. The van der Waals surface area contributed by atoms with Crippen LogP contribution in [0.1, 0.15) is 23.6 Å². The maximum atomic E-state index is 12.4. The number of nitrogens with zero attached hydrogens (tertiary/aromatic N) is 1. The van der Waals surface area contributed by atoms with Gasteiger partial charge in [0.15, 0.2) is 6.10 Å². The second-order valence-electron chi connectivity index (χ2n) is 6.95. The summed E-state index contributed by atoms with van der Waals surface area (Å²) >= 11 is 0. The molecule has 0 aliphatic carbocycles. The van der Waals surface area contributed by atoms with Crippen molar-refractivity contribution >= 4 is 5.91 Å². The fourth-order valence-electron chi connectivity index (χ4n) is 3.16. The summed E-state index contributed by atoms with van der Waals surface area (Å²) in [6.45, 7) is 8.62. The van der Waals surface area contributed by atoms with E-state index in [4.69, 9.17) is 9.47 Å². The first-order valence-electron chi connectivity index (χ1n) is 9.50. The average molecular weight is 368 g/mol. The number of benzene rings is 2. The van der Waals surface area contributed by atoms with E-state index in [0.717, 1.165) is 44.0 Å². The molecular formula is C22H28N2O3. The van der Waals surface area contributed by atoms with Crippen LogP contribution in [0.5, 0.6) is 5.75 Å². The molecule has 144 valence electrons. The Balaban J connectivity index is 1.55. The normalized spacial score (nSPS) is 15.9. The maximum Gasteiger partial charge on any atom is 0.261 e. The number of aryl methyl sites for hydroxylation is 1. The quantitative estimate of drug-likeness (QED) is 0.816. The van der Waals surface area contributed by atoms with Gasteiger partial charge in [0, 0.05) is 26.2 Å². The largest absolute Gasteiger partial charge is 0.481 e. The van der Waals surface area contributed by atoms with Crippen LogP contribution in [0, 0.1) is 6.92 Å². The number of morpholine rings is 1. The summed E-state index contributed by atoms with van der Waals surface area (Å²) in [7, 11) is 0. The number of hydrogen-bond donors (Lipinski definition) is 1. The molecule has 3 rings (SSSR count). The number of ether oxygens (including phenoxy) is 2. The Hall–Kier alpha value is -2.37. The summed E-state index contributed by atoms with van der Waals surface area (Å²) in [6, 6.07) is 16.0. The molecular weight excluding hydrogens is 340 g/mol. The molecule has 5 nitrogen and oxygen atoms in total. The van der Waals surface area contributed by atoms with E-state index in [2.05, 4.69) is 22.3 Å². The molecule has 1 fully saturated rings. The van der Waals surface area contributed by atoms with Gasteiger partial charge in [-0.2, -0.15) is 0 Å². The second kappa shape index (κ2) is 9.53. The minimum Gasteiger partial charge on any atom is -0.481 e. The lowest BCUT2D eigenvalue weighted by atomic mass is 10.1. The van der Waals surface area contributed by atoms with Gasteiger partial charge in [-0.05, 0) is 42.7 Å². The van der Waals surface area contributed by atoms with E-state index in [1.54, 1.807) is 6.92 Å². The fraction of sp³-hybridized carbons (Fsp3) is 0.409. The smallest absolute Gasteiger partial charge is 0.261 e. The minimum absolute atomic E-state index is 0.113. The van der Waals surface area contributed by atoms with E-state index in [9.17, 15) is 4.79 Å². The van der Waals surface area contributed by atoms with Crippen LogP contribution in [-0.2, 0) is 22.6 Å². The lowest BCUT2D eigenvalue weighted by molar-refractivity contribution is -0.127.